The molecule has 1 aromatic carbocycles. The largest absolute Gasteiger partial charge is 0.351 e. The predicted molar refractivity (Wildman–Crippen MR) is 82.4 cm³/mol. The third kappa shape index (κ3) is 3.55. The standard InChI is InChI=1S/C15H19N5O/c1-3-17-15(21)13-7-8-14(19-18-13)20(2)12-6-4-5-11(9-12)10-16/h4-9H,3,10,16H2,1-2H3,(H,17,21). The molecule has 6 nitrogen and oxygen atoms in total. The summed E-state index contributed by atoms with van der Waals surface area (Å²) in [5.41, 5.74) is 7.98. The molecular weight excluding hydrogens is 266 g/mol. The molecule has 21 heavy (non-hydrogen) atoms. The molecule has 0 aliphatic heterocycles. The predicted octanol–water partition coefficient (Wildman–Crippen LogP) is 1.45. The van der Waals surface area contributed by atoms with Crippen LogP contribution >= 0.6 is 0 Å². The fourth-order valence-electron chi connectivity index (χ4n) is 1.90. The summed E-state index contributed by atoms with van der Waals surface area (Å²) in [5.74, 6) is 0.446. The van der Waals surface area contributed by atoms with Crippen molar-refractivity contribution in [3.8, 4) is 0 Å². The zero-order chi connectivity index (χ0) is 15.2. The average Bonchev–Trinajstić information content (AvgIpc) is 2.54. The van der Waals surface area contributed by atoms with Crippen molar-refractivity contribution in [3.63, 3.8) is 0 Å². The Morgan fingerprint density at radius 3 is 2.71 bits per heavy atom. The van der Waals surface area contributed by atoms with Gasteiger partial charge in [0.2, 0.25) is 0 Å². The quantitative estimate of drug-likeness (QED) is 0.868. The molecule has 1 amide bonds. The molecule has 6 heteroatoms. The fraction of sp³-hybridized carbons (Fsp3) is 0.267. The number of carbonyl (C=O) groups excluding carboxylic acids is 1. The molecule has 0 aliphatic carbocycles. The van der Waals surface area contributed by atoms with Gasteiger partial charge in [0.05, 0.1) is 0 Å². The second kappa shape index (κ2) is 6.81. The molecule has 1 aromatic heterocycles. The number of aromatic nitrogens is 2. The molecular formula is C15H19N5O. The lowest BCUT2D eigenvalue weighted by Crippen LogP contribution is -2.24. The van der Waals surface area contributed by atoms with Crippen molar-refractivity contribution in [2.75, 3.05) is 18.5 Å². The van der Waals surface area contributed by atoms with Gasteiger partial charge in [0.1, 0.15) is 0 Å². The van der Waals surface area contributed by atoms with Crippen molar-refractivity contribution >= 4 is 17.4 Å². The van der Waals surface area contributed by atoms with Crippen LogP contribution in [0.15, 0.2) is 36.4 Å². The van der Waals surface area contributed by atoms with E-state index in [9.17, 15) is 4.79 Å². The monoisotopic (exact) mass is 285 g/mol. The van der Waals surface area contributed by atoms with Crippen LogP contribution in [0.4, 0.5) is 11.5 Å². The Kier molecular flexibility index (Phi) is 4.84. The van der Waals surface area contributed by atoms with Crippen LogP contribution < -0.4 is 16.0 Å². The average molecular weight is 285 g/mol. The lowest BCUT2D eigenvalue weighted by molar-refractivity contribution is 0.0950. The van der Waals surface area contributed by atoms with E-state index in [2.05, 4.69) is 15.5 Å². The van der Waals surface area contributed by atoms with Gasteiger partial charge in [-0.2, -0.15) is 0 Å². The van der Waals surface area contributed by atoms with Gasteiger partial charge in [0.25, 0.3) is 5.91 Å². The van der Waals surface area contributed by atoms with Gasteiger partial charge in [-0.1, -0.05) is 12.1 Å². The number of benzene rings is 1. The molecule has 1 heterocycles. The van der Waals surface area contributed by atoms with Gasteiger partial charge in [0, 0.05) is 25.8 Å². The maximum atomic E-state index is 11.6. The number of amides is 1. The molecule has 0 saturated carbocycles. The first kappa shape index (κ1) is 14.9. The number of nitrogens with one attached hydrogen (secondary N) is 1. The Bertz CT molecular complexity index is 612. The molecule has 0 spiro atoms. The van der Waals surface area contributed by atoms with Gasteiger partial charge in [-0.05, 0) is 36.8 Å². The number of rotatable bonds is 5. The van der Waals surface area contributed by atoms with E-state index in [0.29, 0.717) is 24.6 Å². The van der Waals surface area contributed by atoms with Gasteiger partial charge in [-0.25, -0.2) is 0 Å². The lowest BCUT2D eigenvalue weighted by atomic mass is 10.2. The summed E-state index contributed by atoms with van der Waals surface area (Å²) >= 11 is 0. The first-order valence-corrected chi connectivity index (χ1v) is 6.80. The minimum Gasteiger partial charge on any atom is -0.351 e. The summed E-state index contributed by atoms with van der Waals surface area (Å²) in [5, 5.41) is 10.7. The van der Waals surface area contributed by atoms with Crippen molar-refractivity contribution in [1.29, 1.82) is 0 Å². The fourth-order valence-corrected chi connectivity index (χ4v) is 1.90. The second-order valence-corrected chi connectivity index (χ2v) is 4.57. The highest BCUT2D eigenvalue weighted by Gasteiger charge is 2.10. The smallest absolute Gasteiger partial charge is 0.271 e. The lowest BCUT2D eigenvalue weighted by Gasteiger charge is -2.18. The van der Waals surface area contributed by atoms with E-state index < -0.39 is 0 Å². The van der Waals surface area contributed by atoms with E-state index in [-0.39, 0.29) is 5.91 Å². The molecule has 110 valence electrons. The Morgan fingerprint density at radius 1 is 1.29 bits per heavy atom. The summed E-state index contributed by atoms with van der Waals surface area (Å²) in [7, 11) is 1.89. The minimum atomic E-state index is -0.218. The zero-order valence-electron chi connectivity index (χ0n) is 12.2. The second-order valence-electron chi connectivity index (χ2n) is 4.57. The van der Waals surface area contributed by atoms with E-state index in [1.165, 1.54) is 0 Å². The third-order valence-electron chi connectivity index (χ3n) is 3.10. The number of carbonyl (C=O) groups is 1. The van der Waals surface area contributed by atoms with Crippen LogP contribution in [0.1, 0.15) is 23.0 Å². The van der Waals surface area contributed by atoms with E-state index in [0.717, 1.165) is 11.3 Å². The normalized spacial score (nSPS) is 10.2. The molecule has 0 unspecified atom stereocenters. The number of hydrogen-bond acceptors (Lipinski definition) is 5. The topological polar surface area (TPSA) is 84.1 Å². The molecule has 0 fully saturated rings. The number of nitrogens with two attached hydrogens (primary N) is 1. The molecule has 0 bridgehead atoms. The molecule has 0 aliphatic rings. The van der Waals surface area contributed by atoms with Crippen LogP contribution in [-0.4, -0.2) is 29.7 Å². The Hall–Kier alpha value is -2.47. The van der Waals surface area contributed by atoms with E-state index >= 15 is 0 Å². The highest BCUT2D eigenvalue weighted by atomic mass is 16.1. The van der Waals surface area contributed by atoms with Crippen molar-refractivity contribution in [2.24, 2.45) is 5.73 Å². The molecule has 0 saturated heterocycles. The molecule has 3 N–H and O–H groups in total. The van der Waals surface area contributed by atoms with E-state index in [1.807, 2.05) is 43.1 Å². The van der Waals surface area contributed by atoms with E-state index in [1.54, 1.807) is 12.1 Å². The van der Waals surface area contributed by atoms with Gasteiger partial charge in [0.15, 0.2) is 11.5 Å². The van der Waals surface area contributed by atoms with Crippen LogP contribution in [0, 0.1) is 0 Å². The Morgan fingerprint density at radius 2 is 2.10 bits per heavy atom. The Balaban J connectivity index is 2.19. The molecule has 0 radical (unpaired) electrons. The van der Waals surface area contributed by atoms with Crippen LogP contribution in [0.3, 0.4) is 0 Å². The first-order chi connectivity index (χ1) is 10.2. The molecule has 0 atom stereocenters. The van der Waals surface area contributed by atoms with Crippen LogP contribution in [0.25, 0.3) is 0 Å². The SMILES string of the molecule is CCNC(=O)c1ccc(N(C)c2cccc(CN)c2)nn1. The third-order valence-corrected chi connectivity index (χ3v) is 3.10. The molecule has 2 aromatic rings. The summed E-state index contributed by atoms with van der Waals surface area (Å²) in [6.45, 7) is 2.91. The zero-order valence-corrected chi connectivity index (χ0v) is 12.2. The maximum Gasteiger partial charge on any atom is 0.271 e. The summed E-state index contributed by atoms with van der Waals surface area (Å²) in [6.07, 6.45) is 0. The van der Waals surface area contributed by atoms with Crippen LogP contribution in [0.5, 0.6) is 0 Å². The summed E-state index contributed by atoms with van der Waals surface area (Å²) < 4.78 is 0. The minimum absolute atomic E-state index is 0.218. The summed E-state index contributed by atoms with van der Waals surface area (Å²) in [4.78, 5) is 13.5. The summed E-state index contributed by atoms with van der Waals surface area (Å²) in [6, 6.07) is 11.3. The van der Waals surface area contributed by atoms with Crippen molar-refractivity contribution in [2.45, 2.75) is 13.5 Å². The van der Waals surface area contributed by atoms with E-state index in [4.69, 9.17) is 5.73 Å². The van der Waals surface area contributed by atoms with Gasteiger partial charge < -0.3 is 16.0 Å². The van der Waals surface area contributed by atoms with Crippen molar-refractivity contribution in [3.05, 3.63) is 47.7 Å². The first-order valence-electron chi connectivity index (χ1n) is 6.80. The number of anilines is 2. The molecule has 2 rings (SSSR count). The van der Waals surface area contributed by atoms with Gasteiger partial charge in [-0.3, -0.25) is 4.79 Å². The highest BCUT2D eigenvalue weighted by Crippen LogP contribution is 2.21. The number of nitrogens with zero attached hydrogens (tertiary/aromatic N) is 3. The Labute approximate surface area is 124 Å². The van der Waals surface area contributed by atoms with Gasteiger partial charge >= 0.3 is 0 Å². The van der Waals surface area contributed by atoms with Crippen LogP contribution in [0.2, 0.25) is 0 Å². The number of hydrogen-bond donors (Lipinski definition) is 2. The van der Waals surface area contributed by atoms with Crippen molar-refractivity contribution in [1.82, 2.24) is 15.5 Å². The van der Waals surface area contributed by atoms with Gasteiger partial charge in [-0.15, -0.1) is 10.2 Å². The van der Waals surface area contributed by atoms with Crippen LogP contribution in [-0.2, 0) is 6.54 Å². The highest BCUT2D eigenvalue weighted by molar-refractivity contribution is 5.92. The maximum absolute atomic E-state index is 11.6. The van der Waals surface area contributed by atoms with Crippen molar-refractivity contribution < 1.29 is 4.79 Å².